The number of benzene rings is 2. The van der Waals surface area contributed by atoms with Gasteiger partial charge < -0.3 is 19.3 Å². The fraction of sp³-hybridized carbons (Fsp3) is 0.304. The molecule has 2 aromatic carbocycles. The van der Waals surface area contributed by atoms with Gasteiger partial charge in [0.25, 0.3) is 5.91 Å². The SMILES string of the molecule is CNS(=O)(=O)Cc1ccccc1CNC(=O)c1ccc(OCc2c(C)noc2C)c(OC)c1. The van der Waals surface area contributed by atoms with E-state index in [1.165, 1.54) is 14.2 Å². The monoisotopic (exact) mass is 473 g/mol. The minimum absolute atomic E-state index is 0.166. The molecule has 176 valence electrons. The van der Waals surface area contributed by atoms with Crippen molar-refractivity contribution in [1.29, 1.82) is 0 Å². The number of carbonyl (C=O) groups excluding carboxylic acids is 1. The van der Waals surface area contributed by atoms with E-state index in [0.29, 0.717) is 28.4 Å². The number of hydrogen-bond acceptors (Lipinski definition) is 7. The number of sulfonamides is 1. The molecular formula is C23H27N3O6S. The number of aryl methyl sites for hydroxylation is 2. The van der Waals surface area contributed by atoms with E-state index in [1.807, 2.05) is 13.8 Å². The van der Waals surface area contributed by atoms with Crippen molar-refractivity contribution in [2.45, 2.75) is 32.8 Å². The average Bonchev–Trinajstić information content (AvgIpc) is 3.13. The normalized spacial score (nSPS) is 11.3. The minimum Gasteiger partial charge on any atom is -0.493 e. The summed E-state index contributed by atoms with van der Waals surface area (Å²) in [5.41, 5.74) is 3.34. The molecular weight excluding hydrogens is 446 g/mol. The summed E-state index contributed by atoms with van der Waals surface area (Å²) in [4.78, 5) is 12.7. The van der Waals surface area contributed by atoms with Crippen molar-refractivity contribution in [1.82, 2.24) is 15.2 Å². The fourth-order valence-electron chi connectivity index (χ4n) is 3.21. The second-order valence-corrected chi connectivity index (χ2v) is 9.30. The Hall–Kier alpha value is -3.37. The van der Waals surface area contributed by atoms with Crippen LogP contribution in [0.15, 0.2) is 47.0 Å². The van der Waals surface area contributed by atoms with Crippen LogP contribution in [0, 0.1) is 13.8 Å². The number of amides is 1. The third-order valence-electron chi connectivity index (χ3n) is 5.19. The van der Waals surface area contributed by atoms with E-state index >= 15 is 0 Å². The van der Waals surface area contributed by atoms with Crippen LogP contribution in [0.3, 0.4) is 0 Å². The van der Waals surface area contributed by atoms with Crippen molar-refractivity contribution in [2.24, 2.45) is 0 Å². The molecule has 0 saturated carbocycles. The molecule has 0 aliphatic heterocycles. The van der Waals surface area contributed by atoms with Crippen LogP contribution in [0.5, 0.6) is 11.5 Å². The van der Waals surface area contributed by atoms with Crippen LogP contribution >= 0.6 is 0 Å². The zero-order chi connectivity index (χ0) is 24.0. The largest absolute Gasteiger partial charge is 0.493 e. The van der Waals surface area contributed by atoms with Crippen molar-refractivity contribution in [3.8, 4) is 11.5 Å². The first-order chi connectivity index (χ1) is 15.7. The Kier molecular flexibility index (Phi) is 7.72. The molecule has 0 atom stereocenters. The summed E-state index contributed by atoms with van der Waals surface area (Å²) >= 11 is 0. The standard InChI is InChI=1S/C23H27N3O6S/c1-15-20(16(2)32-26-15)13-31-21-10-9-17(11-22(21)30-4)23(27)25-12-18-7-5-6-8-19(18)14-33(28,29)24-3/h5-11,24H,12-14H2,1-4H3,(H,25,27). The van der Waals surface area contributed by atoms with E-state index in [1.54, 1.807) is 42.5 Å². The van der Waals surface area contributed by atoms with Gasteiger partial charge in [-0.15, -0.1) is 0 Å². The first-order valence-corrected chi connectivity index (χ1v) is 11.9. The Labute approximate surface area is 193 Å². The zero-order valence-corrected chi connectivity index (χ0v) is 19.8. The average molecular weight is 474 g/mol. The number of nitrogens with one attached hydrogen (secondary N) is 2. The van der Waals surface area contributed by atoms with Crippen molar-refractivity contribution < 1.29 is 27.2 Å². The predicted octanol–water partition coefficient (Wildman–Crippen LogP) is 2.86. The maximum Gasteiger partial charge on any atom is 0.251 e. The van der Waals surface area contributed by atoms with Crippen LogP contribution in [-0.4, -0.2) is 33.6 Å². The topological polar surface area (TPSA) is 120 Å². The lowest BCUT2D eigenvalue weighted by molar-refractivity contribution is 0.0950. The van der Waals surface area contributed by atoms with Crippen molar-refractivity contribution in [2.75, 3.05) is 14.2 Å². The molecule has 1 amide bonds. The van der Waals surface area contributed by atoms with Crippen molar-refractivity contribution in [3.63, 3.8) is 0 Å². The van der Waals surface area contributed by atoms with Crippen LogP contribution in [0.4, 0.5) is 0 Å². The van der Waals surface area contributed by atoms with Crippen molar-refractivity contribution >= 4 is 15.9 Å². The van der Waals surface area contributed by atoms with E-state index < -0.39 is 10.0 Å². The van der Waals surface area contributed by atoms with Gasteiger partial charge in [0.2, 0.25) is 10.0 Å². The number of carbonyl (C=O) groups is 1. The van der Waals surface area contributed by atoms with E-state index in [0.717, 1.165) is 16.8 Å². The van der Waals surface area contributed by atoms with Gasteiger partial charge in [0.15, 0.2) is 11.5 Å². The molecule has 1 heterocycles. The summed E-state index contributed by atoms with van der Waals surface area (Å²) in [6.45, 7) is 4.10. The van der Waals surface area contributed by atoms with Gasteiger partial charge in [-0.05, 0) is 50.2 Å². The van der Waals surface area contributed by atoms with Crippen LogP contribution in [0.25, 0.3) is 0 Å². The number of rotatable bonds is 10. The first kappa shape index (κ1) is 24.3. The fourth-order valence-corrected chi connectivity index (χ4v) is 4.05. The highest BCUT2D eigenvalue weighted by Crippen LogP contribution is 2.29. The molecule has 0 spiro atoms. The maximum absolute atomic E-state index is 12.7. The molecule has 9 nitrogen and oxygen atoms in total. The van der Waals surface area contributed by atoms with Gasteiger partial charge >= 0.3 is 0 Å². The van der Waals surface area contributed by atoms with E-state index in [9.17, 15) is 13.2 Å². The highest BCUT2D eigenvalue weighted by Gasteiger charge is 2.16. The van der Waals surface area contributed by atoms with Gasteiger partial charge in [-0.25, -0.2) is 13.1 Å². The number of ether oxygens (including phenoxy) is 2. The van der Waals surface area contributed by atoms with Gasteiger partial charge in [-0.1, -0.05) is 29.4 Å². The first-order valence-electron chi connectivity index (χ1n) is 10.2. The third kappa shape index (κ3) is 6.11. The van der Waals surface area contributed by atoms with Gasteiger partial charge in [-0.2, -0.15) is 0 Å². The molecule has 2 N–H and O–H groups in total. The molecule has 10 heteroatoms. The Bertz CT molecular complexity index is 1220. The number of aromatic nitrogens is 1. The lowest BCUT2D eigenvalue weighted by Crippen LogP contribution is -2.25. The summed E-state index contributed by atoms with van der Waals surface area (Å²) in [5, 5.41) is 6.74. The minimum atomic E-state index is -3.43. The molecule has 0 aliphatic carbocycles. The number of nitrogens with zero attached hydrogens (tertiary/aromatic N) is 1. The van der Waals surface area contributed by atoms with Crippen LogP contribution in [0.1, 0.15) is 38.5 Å². The summed E-state index contributed by atoms with van der Waals surface area (Å²) in [5.74, 6) is 1.09. The number of methoxy groups -OCH3 is 1. The van der Waals surface area contributed by atoms with Gasteiger partial charge in [0.1, 0.15) is 12.4 Å². The zero-order valence-electron chi connectivity index (χ0n) is 19.0. The molecule has 3 rings (SSSR count). The molecule has 33 heavy (non-hydrogen) atoms. The second kappa shape index (κ2) is 10.5. The number of hydrogen-bond donors (Lipinski definition) is 2. The lowest BCUT2D eigenvalue weighted by atomic mass is 10.1. The van der Waals surface area contributed by atoms with Crippen LogP contribution in [0.2, 0.25) is 0 Å². The Morgan fingerprint density at radius 2 is 1.82 bits per heavy atom. The lowest BCUT2D eigenvalue weighted by Gasteiger charge is -2.13. The Morgan fingerprint density at radius 1 is 1.09 bits per heavy atom. The van der Waals surface area contributed by atoms with E-state index in [-0.39, 0.29) is 24.8 Å². The van der Waals surface area contributed by atoms with Gasteiger partial charge in [0.05, 0.1) is 24.1 Å². The quantitative estimate of drug-likeness (QED) is 0.465. The molecule has 3 aromatic rings. The molecule has 0 saturated heterocycles. The molecule has 0 bridgehead atoms. The smallest absolute Gasteiger partial charge is 0.251 e. The molecule has 0 aliphatic rings. The van der Waals surface area contributed by atoms with Crippen LogP contribution in [-0.2, 0) is 28.9 Å². The summed E-state index contributed by atoms with van der Waals surface area (Å²) in [6.07, 6.45) is 0. The second-order valence-electron chi connectivity index (χ2n) is 7.37. The molecule has 0 radical (unpaired) electrons. The summed E-state index contributed by atoms with van der Waals surface area (Å²) in [6, 6.07) is 12.0. The van der Waals surface area contributed by atoms with Gasteiger partial charge in [-0.3, -0.25) is 4.79 Å². The molecule has 1 aromatic heterocycles. The van der Waals surface area contributed by atoms with Crippen LogP contribution < -0.4 is 19.5 Å². The van der Waals surface area contributed by atoms with E-state index in [2.05, 4.69) is 15.2 Å². The summed E-state index contributed by atoms with van der Waals surface area (Å²) in [7, 11) is -0.562. The molecule has 0 unspecified atom stereocenters. The van der Waals surface area contributed by atoms with E-state index in [4.69, 9.17) is 14.0 Å². The predicted molar refractivity (Wildman–Crippen MR) is 123 cm³/mol. The maximum atomic E-state index is 12.7. The Balaban J connectivity index is 1.69. The van der Waals surface area contributed by atoms with Gasteiger partial charge in [0, 0.05) is 12.1 Å². The summed E-state index contributed by atoms with van der Waals surface area (Å²) < 4.78 is 42.5. The third-order valence-corrected chi connectivity index (χ3v) is 6.51. The highest BCUT2D eigenvalue weighted by atomic mass is 32.2. The highest BCUT2D eigenvalue weighted by molar-refractivity contribution is 7.88. The Morgan fingerprint density at radius 3 is 2.45 bits per heavy atom. The molecule has 0 fully saturated rings. The van der Waals surface area contributed by atoms with Crippen molar-refractivity contribution in [3.05, 3.63) is 76.2 Å².